The first-order chi connectivity index (χ1) is 9.40. The minimum atomic E-state index is -4.53. The molecule has 0 radical (unpaired) electrons. The van der Waals surface area contributed by atoms with E-state index in [0.29, 0.717) is 6.54 Å². The van der Waals surface area contributed by atoms with E-state index in [4.69, 9.17) is 10.00 Å². The average molecular weight is 285 g/mol. The summed E-state index contributed by atoms with van der Waals surface area (Å²) >= 11 is 0. The monoisotopic (exact) mass is 285 g/mol. The summed E-state index contributed by atoms with van der Waals surface area (Å²) in [7, 11) is 1.58. The zero-order valence-electron chi connectivity index (χ0n) is 10.9. The molecule has 0 spiro atoms. The van der Waals surface area contributed by atoms with Gasteiger partial charge in [-0.25, -0.2) is 4.98 Å². The third-order valence-corrected chi connectivity index (χ3v) is 3.58. The van der Waals surface area contributed by atoms with E-state index in [0.717, 1.165) is 31.4 Å². The highest BCUT2D eigenvalue weighted by atomic mass is 19.4. The van der Waals surface area contributed by atoms with Gasteiger partial charge in [-0.05, 0) is 31.4 Å². The lowest BCUT2D eigenvalue weighted by molar-refractivity contribution is -0.141. The Hall–Kier alpha value is -1.81. The number of rotatable bonds is 4. The molecule has 0 amide bonds. The number of hydrogen-bond donors (Lipinski definition) is 1. The lowest BCUT2D eigenvalue weighted by atomic mass is 9.80. The van der Waals surface area contributed by atoms with E-state index in [-0.39, 0.29) is 17.0 Å². The number of nitrogens with one attached hydrogen (secondary N) is 1. The number of anilines is 1. The Morgan fingerprint density at radius 3 is 2.60 bits per heavy atom. The molecule has 7 heteroatoms. The van der Waals surface area contributed by atoms with Crippen molar-refractivity contribution in [2.24, 2.45) is 0 Å². The second-order valence-electron chi connectivity index (χ2n) is 4.80. The molecule has 0 aliphatic heterocycles. The van der Waals surface area contributed by atoms with Gasteiger partial charge >= 0.3 is 6.18 Å². The van der Waals surface area contributed by atoms with Crippen molar-refractivity contribution < 1.29 is 17.9 Å². The van der Waals surface area contributed by atoms with E-state index < -0.39 is 11.9 Å². The van der Waals surface area contributed by atoms with Gasteiger partial charge in [0.1, 0.15) is 17.6 Å². The maximum atomic E-state index is 12.6. The molecule has 0 atom stereocenters. The molecule has 4 nitrogen and oxygen atoms in total. The molecule has 1 saturated carbocycles. The van der Waals surface area contributed by atoms with Gasteiger partial charge in [-0.15, -0.1) is 0 Å². The number of nitriles is 1. The van der Waals surface area contributed by atoms with Gasteiger partial charge in [0.2, 0.25) is 0 Å². The number of pyridine rings is 1. The summed E-state index contributed by atoms with van der Waals surface area (Å²) in [6.07, 6.45) is -1.81. The van der Waals surface area contributed by atoms with Crippen molar-refractivity contribution in [2.75, 3.05) is 19.0 Å². The number of hydrogen-bond acceptors (Lipinski definition) is 4. The van der Waals surface area contributed by atoms with Gasteiger partial charge in [-0.2, -0.15) is 18.4 Å². The largest absolute Gasteiger partial charge is 0.433 e. The Balaban J connectivity index is 2.19. The van der Waals surface area contributed by atoms with Crippen molar-refractivity contribution in [3.8, 4) is 6.07 Å². The third-order valence-electron chi connectivity index (χ3n) is 3.58. The fourth-order valence-corrected chi connectivity index (χ4v) is 2.11. The van der Waals surface area contributed by atoms with Crippen LogP contribution in [-0.4, -0.2) is 24.2 Å². The predicted molar refractivity (Wildman–Crippen MR) is 66.0 cm³/mol. The van der Waals surface area contributed by atoms with E-state index in [2.05, 4.69) is 10.3 Å². The van der Waals surface area contributed by atoms with E-state index in [1.165, 1.54) is 0 Å². The summed E-state index contributed by atoms with van der Waals surface area (Å²) in [6, 6.07) is 3.76. The molecule has 1 heterocycles. The Morgan fingerprint density at radius 1 is 1.45 bits per heavy atom. The molecule has 1 fully saturated rings. The van der Waals surface area contributed by atoms with Crippen LogP contribution in [0.2, 0.25) is 0 Å². The molecule has 1 aliphatic rings. The Labute approximate surface area is 114 Å². The van der Waals surface area contributed by atoms with Gasteiger partial charge in [0.05, 0.1) is 11.2 Å². The zero-order valence-corrected chi connectivity index (χ0v) is 10.9. The number of aromatic nitrogens is 1. The van der Waals surface area contributed by atoms with Crippen LogP contribution in [0.1, 0.15) is 30.5 Å². The first-order valence-corrected chi connectivity index (χ1v) is 6.18. The number of methoxy groups -OCH3 is 1. The molecule has 20 heavy (non-hydrogen) atoms. The van der Waals surface area contributed by atoms with E-state index in [9.17, 15) is 13.2 Å². The maximum Gasteiger partial charge on any atom is 0.433 e. The second kappa shape index (κ2) is 5.29. The highest BCUT2D eigenvalue weighted by Crippen LogP contribution is 2.35. The summed E-state index contributed by atoms with van der Waals surface area (Å²) in [5.74, 6) is -0.0503. The molecule has 1 aromatic heterocycles. The minimum Gasteiger partial charge on any atom is -0.376 e. The number of halogens is 3. The number of nitrogens with zero attached hydrogens (tertiary/aromatic N) is 2. The molecular formula is C13H14F3N3O. The molecular weight excluding hydrogens is 271 g/mol. The SMILES string of the molecule is COC1(CNc2nc(C(F)(F)F)ccc2C#N)CCC1. The van der Waals surface area contributed by atoms with Crippen LogP contribution >= 0.6 is 0 Å². The second-order valence-corrected chi connectivity index (χ2v) is 4.80. The molecule has 0 aromatic carbocycles. The van der Waals surface area contributed by atoms with E-state index in [1.807, 2.05) is 6.07 Å². The highest BCUT2D eigenvalue weighted by Gasteiger charge is 2.37. The van der Waals surface area contributed by atoms with Crippen molar-refractivity contribution in [1.29, 1.82) is 5.26 Å². The van der Waals surface area contributed by atoms with Crippen LogP contribution < -0.4 is 5.32 Å². The highest BCUT2D eigenvalue weighted by molar-refractivity contribution is 5.52. The van der Waals surface area contributed by atoms with E-state index in [1.54, 1.807) is 7.11 Å². The van der Waals surface area contributed by atoms with Gasteiger partial charge in [0, 0.05) is 13.7 Å². The van der Waals surface area contributed by atoms with Crippen LogP contribution in [0.5, 0.6) is 0 Å². The third kappa shape index (κ3) is 2.85. The molecule has 1 N–H and O–H groups in total. The predicted octanol–water partition coefficient (Wildman–Crippen LogP) is 2.95. The first kappa shape index (κ1) is 14.6. The lowest BCUT2D eigenvalue weighted by Gasteiger charge is -2.40. The summed E-state index contributed by atoms with van der Waals surface area (Å²) in [5.41, 5.74) is -1.29. The summed E-state index contributed by atoms with van der Waals surface area (Å²) in [5, 5.41) is 11.7. The molecule has 2 rings (SSSR count). The lowest BCUT2D eigenvalue weighted by Crippen LogP contribution is -2.45. The molecule has 108 valence electrons. The Kier molecular flexibility index (Phi) is 3.86. The molecule has 0 saturated heterocycles. The number of alkyl halides is 3. The quantitative estimate of drug-likeness (QED) is 0.924. The standard InChI is InChI=1S/C13H14F3N3O/c1-20-12(5-2-6-12)8-18-11-9(7-17)3-4-10(19-11)13(14,15)16/h3-4H,2,5-6,8H2,1H3,(H,18,19). The topological polar surface area (TPSA) is 57.9 Å². The van der Waals surface area contributed by atoms with Gasteiger partial charge in [-0.3, -0.25) is 0 Å². The average Bonchev–Trinajstić information content (AvgIpc) is 2.36. The van der Waals surface area contributed by atoms with Crippen LogP contribution in [-0.2, 0) is 10.9 Å². The van der Waals surface area contributed by atoms with Crippen molar-refractivity contribution in [1.82, 2.24) is 4.98 Å². The van der Waals surface area contributed by atoms with E-state index >= 15 is 0 Å². The van der Waals surface area contributed by atoms with Crippen molar-refractivity contribution in [3.63, 3.8) is 0 Å². The van der Waals surface area contributed by atoms with Gasteiger partial charge in [0.15, 0.2) is 0 Å². The Morgan fingerprint density at radius 2 is 2.15 bits per heavy atom. The van der Waals surface area contributed by atoms with Gasteiger partial charge < -0.3 is 10.1 Å². The van der Waals surface area contributed by atoms with Gasteiger partial charge in [-0.1, -0.05) is 0 Å². The normalized spacial score (nSPS) is 17.1. The maximum absolute atomic E-state index is 12.6. The molecule has 0 unspecified atom stereocenters. The van der Waals surface area contributed by atoms with Gasteiger partial charge in [0.25, 0.3) is 0 Å². The fraction of sp³-hybridized carbons (Fsp3) is 0.538. The fourth-order valence-electron chi connectivity index (χ4n) is 2.11. The molecule has 1 aromatic rings. The summed E-state index contributed by atoms with van der Waals surface area (Å²) in [4.78, 5) is 3.50. The van der Waals surface area contributed by atoms with Crippen LogP contribution in [0, 0.1) is 11.3 Å². The first-order valence-electron chi connectivity index (χ1n) is 6.18. The number of ether oxygens (including phenoxy) is 1. The van der Waals surface area contributed by atoms with Crippen LogP contribution in [0.3, 0.4) is 0 Å². The molecule has 0 bridgehead atoms. The minimum absolute atomic E-state index is 0.0503. The van der Waals surface area contributed by atoms with Crippen LogP contribution in [0.4, 0.5) is 19.0 Å². The van der Waals surface area contributed by atoms with Crippen molar-refractivity contribution in [2.45, 2.75) is 31.0 Å². The summed E-state index contributed by atoms with van der Waals surface area (Å²) < 4.78 is 43.2. The van der Waals surface area contributed by atoms with Crippen molar-refractivity contribution in [3.05, 3.63) is 23.4 Å². The smallest absolute Gasteiger partial charge is 0.376 e. The zero-order chi connectivity index (χ0) is 14.8. The molecule has 1 aliphatic carbocycles. The van der Waals surface area contributed by atoms with Crippen molar-refractivity contribution >= 4 is 5.82 Å². The Bertz CT molecular complexity index is 527. The van der Waals surface area contributed by atoms with Crippen LogP contribution in [0.15, 0.2) is 12.1 Å². The summed E-state index contributed by atoms with van der Waals surface area (Å²) in [6.45, 7) is 0.340. The van der Waals surface area contributed by atoms with Crippen LogP contribution in [0.25, 0.3) is 0 Å².